The predicted octanol–water partition coefficient (Wildman–Crippen LogP) is 24.4. The third-order valence-electron chi connectivity index (χ3n) is 15.5. The number of carbonyl (C=O) groups excluding carboxylic acids is 2. The first kappa shape index (κ1) is 85.2. The Bertz CT molecular complexity index is 1920. The van der Waals surface area contributed by atoms with E-state index in [9.17, 15) is 19.0 Å². The summed E-state index contributed by atoms with van der Waals surface area (Å²) in [5.41, 5.74) is 5.41. The molecule has 0 saturated carbocycles. The average molecular weight is 1260 g/mol. The lowest BCUT2D eigenvalue weighted by Gasteiger charge is -2.19. The van der Waals surface area contributed by atoms with Gasteiger partial charge in [-0.15, -0.1) is 0 Å². The van der Waals surface area contributed by atoms with E-state index < -0.39 is 26.5 Å². The van der Waals surface area contributed by atoms with Crippen LogP contribution >= 0.6 is 7.82 Å². The molecule has 0 aliphatic rings. The molecule has 89 heavy (non-hydrogen) atoms. The molecule has 0 radical (unpaired) electrons. The second-order valence-electron chi connectivity index (χ2n) is 24.0. The molecule has 510 valence electrons. The summed E-state index contributed by atoms with van der Waals surface area (Å²) in [6.45, 7) is 3.55. The minimum atomic E-state index is -4.40. The second kappa shape index (κ2) is 73.2. The largest absolute Gasteiger partial charge is 0.472 e. The number of nitrogens with two attached hydrogens (primary N) is 1. The van der Waals surface area contributed by atoms with E-state index in [0.29, 0.717) is 6.42 Å². The van der Waals surface area contributed by atoms with Crippen molar-refractivity contribution in [1.82, 2.24) is 0 Å². The van der Waals surface area contributed by atoms with Crippen LogP contribution in [-0.4, -0.2) is 49.3 Å². The summed E-state index contributed by atoms with van der Waals surface area (Å²) in [5.74, 6) is -0.821. The van der Waals surface area contributed by atoms with Crippen molar-refractivity contribution in [2.45, 2.75) is 328 Å². The lowest BCUT2D eigenvalue weighted by molar-refractivity contribution is -0.161. The van der Waals surface area contributed by atoms with Crippen molar-refractivity contribution < 1.29 is 37.6 Å². The predicted molar refractivity (Wildman–Crippen MR) is 385 cm³/mol. The first-order valence-electron chi connectivity index (χ1n) is 36.7. The van der Waals surface area contributed by atoms with Crippen LogP contribution in [0.2, 0.25) is 0 Å². The summed E-state index contributed by atoms with van der Waals surface area (Å²) in [6.07, 6.45) is 104. The number of hydrogen-bond acceptors (Lipinski definition) is 8. The van der Waals surface area contributed by atoms with Crippen molar-refractivity contribution in [2.24, 2.45) is 5.73 Å². The van der Waals surface area contributed by atoms with Crippen molar-refractivity contribution >= 4 is 19.8 Å². The third kappa shape index (κ3) is 73.1. The molecule has 3 N–H and O–H groups in total. The SMILES string of the molecule is CC/C=C\C/C=C\C/C=C\C/C=C\C/C=C\C/C=C\CCCCCCCCCCCCCCCCC(=O)OC(COC(=O)CCCCCCCCCCCCCCCCCCCCC/C=C\C/C=C\C/C=C\C/C=C\C/C=C\CC)COP(=O)(O)OCCN. The van der Waals surface area contributed by atoms with Crippen LogP contribution in [0.1, 0.15) is 322 Å². The molecule has 0 aliphatic heterocycles. The topological polar surface area (TPSA) is 134 Å². The number of rotatable bonds is 68. The summed E-state index contributed by atoms with van der Waals surface area (Å²) >= 11 is 0. The molecule has 9 nitrogen and oxygen atoms in total. The van der Waals surface area contributed by atoms with Crippen LogP contribution in [0.5, 0.6) is 0 Å². The van der Waals surface area contributed by atoms with Crippen LogP contribution in [0, 0.1) is 0 Å². The van der Waals surface area contributed by atoms with Crippen molar-refractivity contribution in [3.63, 3.8) is 0 Å². The number of carbonyl (C=O) groups is 2. The Labute approximate surface area is 548 Å². The summed E-state index contributed by atoms with van der Waals surface area (Å²) in [7, 11) is -4.40. The third-order valence-corrected chi connectivity index (χ3v) is 16.5. The Hall–Kier alpha value is -3.85. The molecule has 0 saturated heterocycles. The maximum absolute atomic E-state index is 12.8. The molecule has 0 bridgehead atoms. The Balaban J connectivity index is 3.86. The molecule has 0 aromatic rings. The molecule has 10 heteroatoms. The van der Waals surface area contributed by atoms with Gasteiger partial charge in [0, 0.05) is 19.4 Å². The van der Waals surface area contributed by atoms with Crippen molar-refractivity contribution in [3.05, 3.63) is 134 Å². The van der Waals surface area contributed by atoms with Gasteiger partial charge in [0.1, 0.15) is 6.61 Å². The van der Waals surface area contributed by atoms with E-state index >= 15 is 0 Å². The summed E-state index contributed by atoms with van der Waals surface area (Å²) in [5, 5.41) is 0. The quantitative estimate of drug-likeness (QED) is 0.0264. The summed E-state index contributed by atoms with van der Waals surface area (Å²) in [6, 6.07) is 0. The fourth-order valence-electron chi connectivity index (χ4n) is 10.2. The minimum absolute atomic E-state index is 0.0499. The van der Waals surface area contributed by atoms with E-state index in [0.717, 1.165) is 109 Å². The Morgan fingerprint density at radius 3 is 0.865 bits per heavy atom. The number of phosphoric ester groups is 1. The highest BCUT2D eigenvalue weighted by atomic mass is 31.2. The van der Waals surface area contributed by atoms with E-state index in [4.69, 9.17) is 24.3 Å². The van der Waals surface area contributed by atoms with E-state index in [1.807, 2.05) is 0 Å². The highest BCUT2D eigenvalue weighted by molar-refractivity contribution is 7.47. The Morgan fingerprint density at radius 1 is 0.337 bits per heavy atom. The fraction of sp³-hybridized carbons (Fsp3) is 0.696. The van der Waals surface area contributed by atoms with Gasteiger partial charge in [0.25, 0.3) is 0 Å². The van der Waals surface area contributed by atoms with Gasteiger partial charge in [-0.2, -0.15) is 0 Å². The number of hydrogen-bond donors (Lipinski definition) is 2. The molecule has 0 spiro atoms. The first-order valence-corrected chi connectivity index (χ1v) is 38.2. The normalized spacial score (nSPS) is 13.7. The zero-order valence-corrected chi connectivity index (χ0v) is 58.3. The van der Waals surface area contributed by atoms with Gasteiger partial charge in [0.05, 0.1) is 13.2 Å². The summed E-state index contributed by atoms with van der Waals surface area (Å²) < 4.78 is 33.2. The highest BCUT2D eigenvalue weighted by Gasteiger charge is 2.26. The maximum Gasteiger partial charge on any atom is 0.472 e. The molecule has 0 aromatic heterocycles. The number of ether oxygens (including phenoxy) is 2. The van der Waals surface area contributed by atoms with E-state index in [1.165, 1.54) is 180 Å². The van der Waals surface area contributed by atoms with Crippen LogP contribution in [0.15, 0.2) is 134 Å². The van der Waals surface area contributed by atoms with Crippen LogP contribution in [0.3, 0.4) is 0 Å². The number of phosphoric acid groups is 1. The Morgan fingerprint density at radius 2 is 0.584 bits per heavy atom. The molecule has 2 unspecified atom stereocenters. The van der Waals surface area contributed by atoms with Gasteiger partial charge in [0.15, 0.2) is 6.10 Å². The first-order chi connectivity index (χ1) is 43.8. The molecule has 0 fully saturated rings. The second-order valence-corrected chi connectivity index (χ2v) is 25.5. The molecule has 0 aromatic carbocycles. The molecule has 0 amide bonds. The molecule has 0 rings (SSSR count). The van der Waals surface area contributed by atoms with Crippen LogP contribution in [0.25, 0.3) is 0 Å². The Kier molecular flexibility index (Phi) is 70.0. The molecule has 2 atom stereocenters. The van der Waals surface area contributed by atoms with Crippen LogP contribution in [-0.2, 0) is 32.7 Å². The van der Waals surface area contributed by atoms with E-state index in [1.54, 1.807) is 0 Å². The van der Waals surface area contributed by atoms with Crippen LogP contribution in [0.4, 0.5) is 0 Å². The van der Waals surface area contributed by atoms with Gasteiger partial charge in [0.2, 0.25) is 0 Å². The van der Waals surface area contributed by atoms with E-state index in [2.05, 4.69) is 148 Å². The zero-order valence-electron chi connectivity index (χ0n) is 57.4. The molecule has 0 aliphatic carbocycles. The monoisotopic (exact) mass is 1260 g/mol. The van der Waals surface area contributed by atoms with Gasteiger partial charge in [-0.05, 0) is 109 Å². The van der Waals surface area contributed by atoms with Gasteiger partial charge in [-0.25, -0.2) is 4.57 Å². The van der Waals surface area contributed by atoms with Gasteiger partial charge in [-0.3, -0.25) is 18.6 Å². The average Bonchev–Trinajstić information content (AvgIpc) is 3.58. The molecular formula is C79H136NO8P. The van der Waals surface area contributed by atoms with Gasteiger partial charge >= 0.3 is 19.8 Å². The lowest BCUT2D eigenvalue weighted by atomic mass is 10.0. The lowest BCUT2D eigenvalue weighted by Crippen LogP contribution is -2.29. The standard InChI is InChI=1S/C79H136NO8P/c1-3-5-7-9-11-13-15-17-19-21-23-25-27-29-31-33-35-37-38-40-41-43-45-47-49-51-53-55-57-59-61-63-65-67-69-71-78(81)85-75-77(76-87-89(83,84)86-74-73-80)88-79(82)72-70-68-66-64-62-60-58-56-54-52-50-48-46-44-42-39-36-34-32-30-28-26-24-22-20-18-16-14-12-10-8-6-4-2/h5-8,11-14,17-20,23-26,29-32,36,39,77H,3-4,9-10,15-16,21-22,27-28,33-35,37-38,40-76,80H2,1-2H3,(H,83,84)/b7-5-,8-6-,13-11-,14-12-,19-17-,20-18-,25-23-,26-24-,31-29-,32-30-,39-36-. The van der Waals surface area contributed by atoms with Gasteiger partial charge < -0.3 is 20.1 Å². The smallest absolute Gasteiger partial charge is 0.462 e. The van der Waals surface area contributed by atoms with Crippen LogP contribution < -0.4 is 5.73 Å². The van der Waals surface area contributed by atoms with Crippen molar-refractivity contribution in [3.8, 4) is 0 Å². The minimum Gasteiger partial charge on any atom is -0.462 e. The zero-order chi connectivity index (χ0) is 64.4. The summed E-state index contributed by atoms with van der Waals surface area (Å²) in [4.78, 5) is 35.4. The maximum atomic E-state index is 12.8. The molecular weight excluding hydrogens is 1120 g/mol. The number of allylic oxidation sites excluding steroid dienone is 22. The van der Waals surface area contributed by atoms with E-state index in [-0.39, 0.29) is 38.6 Å². The van der Waals surface area contributed by atoms with Gasteiger partial charge in [-0.1, -0.05) is 334 Å². The van der Waals surface area contributed by atoms with Crippen molar-refractivity contribution in [1.29, 1.82) is 0 Å². The number of esters is 2. The fourth-order valence-corrected chi connectivity index (χ4v) is 11.0. The number of unbranched alkanes of at least 4 members (excludes halogenated alkanes) is 33. The van der Waals surface area contributed by atoms with Crippen molar-refractivity contribution in [2.75, 3.05) is 26.4 Å². The highest BCUT2D eigenvalue weighted by Crippen LogP contribution is 2.43. The molecule has 0 heterocycles.